The summed E-state index contributed by atoms with van der Waals surface area (Å²) in [6.45, 7) is 9.94. The average molecular weight is 436 g/mol. The van der Waals surface area contributed by atoms with Crippen molar-refractivity contribution in [2.45, 2.75) is 53.1 Å². The highest BCUT2D eigenvalue weighted by Gasteiger charge is 2.19. The van der Waals surface area contributed by atoms with E-state index in [1.165, 1.54) is 6.42 Å². The summed E-state index contributed by atoms with van der Waals surface area (Å²) in [5, 5.41) is 17.3. The highest BCUT2D eigenvalue weighted by atomic mass is 16.2. The quantitative estimate of drug-likeness (QED) is 0.632. The second-order valence-corrected chi connectivity index (χ2v) is 9.52. The van der Waals surface area contributed by atoms with Crippen LogP contribution in [0, 0.1) is 16.7 Å². The molecule has 10 heteroatoms. The molecule has 1 amide bonds. The van der Waals surface area contributed by atoms with Crippen LogP contribution < -0.4 is 5.32 Å². The van der Waals surface area contributed by atoms with Crippen molar-refractivity contribution >= 4 is 22.9 Å². The average Bonchev–Trinajstić information content (AvgIpc) is 3.31. The van der Waals surface area contributed by atoms with E-state index in [9.17, 15) is 10.1 Å². The van der Waals surface area contributed by atoms with Crippen molar-refractivity contribution in [3.63, 3.8) is 0 Å². The number of nitrogens with zero attached hydrogens (tertiary/aromatic N) is 8. The van der Waals surface area contributed by atoms with Crippen molar-refractivity contribution in [1.82, 2.24) is 34.2 Å². The van der Waals surface area contributed by atoms with E-state index >= 15 is 0 Å². The molecular weight excluding hydrogens is 406 g/mol. The molecule has 0 bridgehead atoms. The topological polar surface area (TPSA) is 118 Å². The first-order valence-corrected chi connectivity index (χ1v) is 11.0. The standard InChI is InChI=1S/C22H29N9O/c1-22(2,3)14-31-17(9-16-11-24-18(10-23)26-20(16)31)12-30-15-25-21(28-30)27-19(32)13-29-7-5-4-6-8-29/h9,11,15H,4-8,12-14H2,1-3H3,(H,27,28,32). The van der Waals surface area contributed by atoms with Gasteiger partial charge in [-0.3, -0.25) is 15.0 Å². The molecule has 1 N–H and O–H groups in total. The fraction of sp³-hybridized carbons (Fsp3) is 0.545. The molecule has 0 aromatic carbocycles. The van der Waals surface area contributed by atoms with Crippen LogP contribution in [0.15, 0.2) is 18.6 Å². The lowest BCUT2D eigenvalue weighted by molar-refractivity contribution is -0.117. The van der Waals surface area contributed by atoms with Crippen molar-refractivity contribution in [3.05, 3.63) is 30.1 Å². The summed E-state index contributed by atoms with van der Waals surface area (Å²) in [7, 11) is 0. The number of hydrogen-bond donors (Lipinski definition) is 1. The van der Waals surface area contributed by atoms with Gasteiger partial charge in [0.2, 0.25) is 17.7 Å². The van der Waals surface area contributed by atoms with Crippen LogP contribution >= 0.6 is 0 Å². The zero-order valence-electron chi connectivity index (χ0n) is 18.9. The largest absolute Gasteiger partial charge is 0.327 e. The summed E-state index contributed by atoms with van der Waals surface area (Å²) < 4.78 is 3.80. The number of carbonyl (C=O) groups is 1. The van der Waals surface area contributed by atoms with E-state index in [4.69, 9.17) is 0 Å². The summed E-state index contributed by atoms with van der Waals surface area (Å²) in [6.07, 6.45) is 6.81. The van der Waals surface area contributed by atoms with E-state index in [0.29, 0.717) is 19.0 Å². The Morgan fingerprint density at radius 3 is 2.72 bits per heavy atom. The summed E-state index contributed by atoms with van der Waals surface area (Å²) >= 11 is 0. The third-order valence-electron chi connectivity index (χ3n) is 5.38. The highest BCUT2D eigenvalue weighted by Crippen LogP contribution is 2.24. The number of carbonyl (C=O) groups excluding carboxylic acids is 1. The van der Waals surface area contributed by atoms with Crippen LogP contribution in [0.5, 0.6) is 0 Å². The smallest absolute Gasteiger partial charge is 0.248 e. The van der Waals surface area contributed by atoms with Crippen LogP contribution in [0.25, 0.3) is 11.0 Å². The van der Waals surface area contributed by atoms with Gasteiger partial charge in [0.05, 0.1) is 13.1 Å². The summed E-state index contributed by atoms with van der Waals surface area (Å²) in [5.74, 6) is 0.361. The number of hydrogen-bond acceptors (Lipinski definition) is 7. The van der Waals surface area contributed by atoms with Crippen molar-refractivity contribution in [2.24, 2.45) is 5.41 Å². The normalized spacial score (nSPS) is 15.1. The minimum absolute atomic E-state index is 0.00834. The fourth-order valence-electron chi connectivity index (χ4n) is 4.01. The van der Waals surface area contributed by atoms with E-state index in [0.717, 1.165) is 49.2 Å². The molecule has 4 rings (SSSR count). The van der Waals surface area contributed by atoms with Crippen LogP contribution in [0.2, 0.25) is 0 Å². The molecule has 168 valence electrons. The molecule has 0 atom stereocenters. The number of piperidine rings is 1. The lowest BCUT2D eigenvalue weighted by Gasteiger charge is -2.25. The van der Waals surface area contributed by atoms with E-state index in [1.54, 1.807) is 17.2 Å². The SMILES string of the molecule is CC(C)(C)Cn1c(Cn2cnc(NC(=O)CN3CCCCC3)n2)cc2cnc(C#N)nc21. The Balaban J connectivity index is 1.51. The predicted octanol–water partition coefficient (Wildman–Crippen LogP) is 2.41. The third-order valence-corrected chi connectivity index (χ3v) is 5.38. The molecule has 0 spiro atoms. The molecule has 0 saturated carbocycles. The molecule has 0 unspecified atom stereocenters. The number of nitriles is 1. The summed E-state index contributed by atoms with van der Waals surface area (Å²) in [6, 6.07) is 4.02. The van der Waals surface area contributed by atoms with Gasteiger partial charge in [-0.05, 0) is 37.4 Å². The summed E-state index contributed by atoms with van der Waals surface area (Å²) in [4.78, 5) is 27.3. The highest BCUT2D eigenvalue weighted by molar-refractivity contribution is 5.90. The molecule has 0 aliphatic carbocycles. The first kappa shape index (κ1) is 21.9. The monoisotopic (exact) mass is 435 g/mol. The van der Waals surface area contributed by atoms with Crippen molar-refractivity contribution in [2.75, 3.05) is 25.0 Å². The van der Waals surface area contributed by atoms with E-state index in [-0.39, 0.29) is 17.1 Å². The first-order valence-electron chi connectivity index (χ1n) is 11.0. The van der Waals surface area contributed by atoms with Gasteiger partial charge < -0.3 is 4.57 Å². The number of fused-ring (bicyclic) bond motifs is 1. The number of amides is 1. The second-order valence-electron chi connectivity index (χ2n) is 9.52. The van der Waals surface area contributed by atoms with Crippen LogP contribution in [0.3, 0.4) is 0 Å². The van der Waals surface area contributed by atoms with E-state index in [2.05, 4.69) is 55.6 Å². The maximum Gasteiger partial charge on any atom is 0.248 e. The van der Waals surface area contributed by atoms with Gasteiger partial charge >= 0.3 is 0 Å². The van der Waals surface area contributed by atoms with Crippen molar-refractivity contribution < 1.29 is 4.79 Å². The molecule has 1 fully saturated rings. The minimum atomic E-state index is -0.0918. The number of aromatic nitrogens is 6. The molecule has 32 heavy (non-hydrogen) atoms. The molecule has 1 saturated heterocycles. The number of likely N-dealkylation sites (tertiary alicyclic amines) is 1. The molecule has 4 heterocycles. The molecule has 0 radical (unpaired) electrons. The van der Waals surface area contributed by atoms with Crippen LogP contribution in [0.4, 0.5) is 5.95 Å². The predicted molar refractivity (Wildman–Crippen MR) is 120 cm³/mol. The van der Waals surface area contributed by atoms with Crippen LogP contribution in [-0.2, 0) is 17.9 Å². The van der Waals surface area contributed by atoms with Gasteiger partial charge in [-0.1, -0.05) is 27.2 Å². The molecule has 10 nitrogen and oxygen atoms in total. The second kappa shape index (κ2) is 9.04. The van der Waals surface area contributed by atoms with Gasteiger partial charge in [-0.2, -0.15) is 5.26 Å². The van der Waals surface area contributed by atoms with Crippen molar-refractivity contribution in [3.8, 4) is 6.07 Å². The van der Waals surface area contributed by atoms with Gasteiger partial charge in [0.15, 0.2) is 0 Å². The maximum absolute atomic E-state index is 12.3. The van der Waals surface area contributed by atoms with E-state index in [1.807, 2.05) is 12.1 Å². The maximum atomic E-state index is 12.3. The van der Waals surface area contributed by atoms with Gasteiger partial charge in [-0.25, -0.2) is 19.6 Å². The molecule has 1 aliphatic heterocycles. The summed E-state index contributed by atoms with van der Waals surface area (Å²) in [5.41, 5.74) is 1.72. The molecule has 1 aliphatic rings. The van der Waals surface area contributed by atoms with Crippen LogP contribution in [-0.4, -0.2) is 59.7 Å². The molecule has 3 aromatic heterocycles. The number of nitrogens with one attached hydrogen (secondary N) is 1. The Labute approximate surface area is 187 Å². The zero-order chi connectivity index (χ0) is 22.7. The van der Waals surface area contributed by atoms with Gasteiger partial charge in [-0.15, -0.1) is 5.10 Å². The Bertz CT molecular complexity index is 1140. The van der Waals surface area contributed by atoms with Crippen molar-refractivity contribution in [1.29, 1.82) is 5.26 Å². The lowest BCUT2D eigenvalue weighted by atomic mass is 9.97. The third kappa shape index (κ3) is 5.29. The number of rotatable bonds is 6. The van der Waals surface area contributed by atoms with E-state index < -0.39 is 0 Å². The Kier molecular flexibility index (Phi) is 6.19. The lowest BCUT2D eigenvalue weighted by Crippen LogP contribution is -2.37. The molecule has 3 aromatic rings. The van der Waals surface area contributed by atoms with Crippen LogP contribution in [0.1, 0.15) is 51.6 Å². The van der Waals surface area contributed by atoms with Gasteiger partial charge in [0.1, 0.15) is 18.0 Å². The van der Waals surface area contributed by atoms with Gasteiger partial charge in [0, 0.05) is 23.8 Å². The number of anilines is 1. The Morgan fingerprint density at radius 2 is 2.00 bits per heavy atom. The molecular formula is C22H29N9O. The first-order chi connectivity index (χ1) is 15.3. The Morgan fingerprint density at radius 1 is 1.22 bits per heavy atom. The van der Waals surface area contributed by atoms with Gasteiger partial charge in [0.25, 0.3) is 0 Å². The fourth-order valence-corrected chi connectivity index (χ4v) is 4.01. The minimum Gasteiger partial charge on any atom is -0.327 e. The zero-order valence-corrected chi connectivity index (χ0v) is 18.9. The Hall–Kier alpha value is -3.32.